The topological polar surface area (TPSA) is 44.5 Å². The first-order valence-electron chi connectivity index (χ1n) is 5.25. The van der Waals surface area contributed by atoms with Gasteiger partial charge < -0.3 is 14.6 Å². The molecule has 3 nitrogen and oxygen atoms in total. The molecular formula is C10H25NO2Si. The SMILES string of the molecule is CC[Si](CCC(C)(C)CN)(OC)OC. The van der Waals surface area contributed by atoms with Crippen molar-refractivity contribution in [3.8, 4) is 0 Å². The predicted molar refractivity (Wildman–Crippen MR) is 62.5 cm³/mol. The highest BCUT2D eigenvalue weighted by Gasteiger charge is 2.34. The summed E-state index contributed by atoms with van der Waals surface area (Å²) < 4.78 is 11.1. The van der Waals surface area contributed by atoms with Crippen LogP contribution in [0.2, 0.25) is 12.1 Å². The van der Waals surface area contributed by atoms with Crippen molar-refractivity contribution in [2.45, 2.75) is 39.3 Å². The standard InChI is InChI=1S/C10H25NO2Si/c1-6-14(12-4,13-5)8-7-10(2,3)9-11/h6-9,11H2,1-5H3. The molecule has 0 aromatic carbocycles. The summed E-state index contributed by atoms with van der Waals surface area (Å²) in [4.78, 5) is 0. The Morgan fingerprint density at radius 3 is 2.00 bits per heavy atom. The van der Waals surface area contributed by atoms with Crippen LogP contribution in [0.1, 0.15) is 27.2 Å². The van der Waals surface area contributed by atoms with E-state index in [9.17, 15) is 0 Å². The average molecular weight is 219 g/mol. The highest BCUT2D eigenvalue weighted by molar-refractivity contribution is 6.67. The van der Waals surface area contributed by atoms with E-state index in [0.29, 0.717) is 6.54 Å². The van der Waals surface area contributed by atoms with Gasteiger partial charge in [-0.2, -0.15) is 0 Å². The van der Waals surface area contributed by atoms with E-state index < -0.39 is 8.56 Å². The van der Waals surface area contributed by atoms with Gasteiger partial charge in [-0.3, -0.25) is 0 Å². The van der Waals surface area contributed by atoms with E-state index in [-0.39, 0.29) is 5.41 Å². The van der Waals surface area contributed by atoms with Crippen LogP contribution < -0.4 is 5.73 Å². The molecule has 0 amide bonds. The highest BCUT2D eigenvalue weighted by Crippen LogP contribution is 2.28. The molecule has 0 radical (unpaired) electrons. The van der Waals surface area contributed by atoms with Crippen molar-refractivity contribution in [1.29, 1.82) is 0 Å². The summed E-state index contributed by atoms with van der Waals surface area (Å²) in [5.41, 5.74) is 5.89. The Balaban J connectivity index is 4.19. The molecule has 0 spiro atoms. The van der Waals surface area contributed by atoms with Gasteiger partial charge in [-0.1, -0.05) is 20.8 Å². The van der Waals surface area contributed by atoms with Gasteiger partial charge in [-0.15, -0.1) is 0 Å². The fourth-order valence-corrected chi connectivity index (χ4v) is 3.95. The third-order valence-corrected chi connectivity index (χ3v) is 6.60. The molecule has 0 fully saturated rings. The van der Waals surface area contributed by atoms with Crippen molar-refractivity contribution in [3.05, 3.63) is 0 Å². The van der Waals surface area contributed by atoms with Gasteiger partial charge in [0.05, 0.1) is 0 Å². The van der Waals surface area contributed by atoms with Crippen molar-refractivity contribution in [2.24, 2.45) is 11.1 Å². The van der Waals surface area contributed by atoms with Gasteiger partial charge in [-0.05, 0) is 30.5 Å². The first-order chi connectivity index (χ1) is 6.45. The normalized spacial score (nSPS) is 13.3. The average Bonchev–Trinajstić information content (AvgIpc) is 2.21. The lowest BCUT2D eigenvalue weighted by Crippen LogP contribution is -2.40. The second-order valence-electron chi connectivity index (χ2n) is 4.54. The molecule has 0 saturated carbocycles. The van der Waals surface area contributed by atoms with E-state index in [1.165, 1.54) is 0 Å². The van der Waals surface area contributed by atoms with Gasteiger partial charge in [0.15, 0.2) is 0 Å². The molecule has 86 valence electrons. The zero-order valence-electron chi connectivity index (χ0n) is 10.2. The highest BCUT2D eigenvalue weighted by atomic mass is 28.4. The third-order valence-electron chi connectivity index (χ3n) is 3.02. The molecule has 14 heavy (non-hydrogen) atoms. The molecule has 4 heteroatoms. The van der Waals surface area contributed by atoms with Crippen LogP contribution in [-0.2, 0) is 8.85 Å². The van der Waals surface area contributed by atoms with Crippen LogP contribution in [0.5, 0.6) is 0 Å². The Bertz CT molecular complexity index is 150. The Morgan fingerprint density at radius 2 is 1.71 bits per heavy atom. The molecule has 0 aliphatic carbocycles. The molecule has 0 heterocycles. The Hall–Kier alpha value is 0.0969. The van der Waals surface area contributed by atoms with Crippen LogP contribution in [0, 0.1) is 5.41 Å². The van der Waals surface area contributed by atoms with Crippen LogP contribution >= 0.6 is 0 Å². The van der Waals surface area contributed by atoms with Gasteiger partial charge in [0.2, 0.25) is 0 Å². The van der Waals surface area contributed by atoms with Gasteiger partial charge >= 0.3 is 8.56 Å². The van der Waals surface area contributed by atoms with E-state index in [1.54, 1.807) is 14.2 Å². The van der Waals surface area contributed by atoms with Crippen molar-refractivity contribution >= 4 is 8.56 Å². The van der Waals surface area contributed by atoms with Gasteiger partial charge in [0.1, 0.15) is 0 Å². The molecule has 0 unspecified atom stereocenters. The Kier molecular flexibility index (Phi) is 5.89. The lowest BCUT2D eigenvalue weighted by Gasteiger charge is -2.30. The van der Waals surface area contributed by atoms with E-state index in [1.807, 2.05) is 0 Å². The van der Waals surface area contributed by atoms with E-state index in [2.05, 4.69) is 20.8 Å². The van der Waals surface area contributed by atoms with E-state index in [4.69, 9.17) is 14.6 Å². The number of hydrogen-bond donors (Lipinski definition) is 1. The molecule has 2 N–H and O–H groups in total. The molecule has 0 saturated heterocycles. The summed E-state index contributed by atoms with van der Waals surface area (Å²) in [5.74, 6) is 0. The van der Waals surface area contributed by atoms with Crippen LogP contribution in [0.15, 0.2) is 0 Å². The minimum atomic E-state index is -1.90. The van der Waals surface area contributed by atoms with Gasteiger partial charge in [-0.25, -0.2) is 0 Å². The molecule has 0 aliphatic rings. The minimum absolute atomic E-state index is 0.199. The van der Waals surface area contributed by atoms with Crippen molar-refractivity contribution in [2.75, 3.05) is 20.8 Å². The largest absolute Gasteiger partial charge is 0.398 e. The number of hydrogen-bond acceptors (Lipinski definition) is 3. The van der Waals surface area contributed by atoms with Crippen LogP contribution in [-0.4, -0.2) is 29.3 Å². The molecule has 0 aromatic heterocycles. The fourth-order valence-electron chi connectivity index (χ4n) is 1.38. The fraction of sp³-hybridized carbons (Fsp3) is 1.00. The zero-order valence-corrected chi connectivity index (χ0v) is 11.2. The summed E-state index contributed by atoms with van der Waals surface area (Å²) in [7, 11) is 1.62. The Labute approximate surface area is 89.2 Å². The third kappa shape index (κ3) is 4.08. The van der Waals surface area contributed by atoms with Gasteiger partial charge in [0, 0.05) is 14.2 Å². The van der Waals surface area contributed by atoms with Crippen LogP contribution in [0.4, 0.5) is 0 Å². The summed E-state index contributed by atoms with van der Waals surface area (Å²) in [6.45, 7) is 7.23. The predicted octanol–water partition coefficient (Wildman–Crippen LogP) is 2.12. The van der Waals surface area contributed by atoms with Crippen molar-refractivity contribution in [1.82, 2.24) is 0 Å². The number of nitrogens with two attached hydrogens (primary N) is 1. The second-order valence-corrected chi connectivity index (χ2v) is 8.39. The zero-order chi connectivity index (χ0) is 11.2. The van der Waals surface area contributed by atoms with Crippen LogP contribution in [0.3, 0.4) is 0 Å². The summed E-state index contributed by atoms with van der Waals surface area (Å²) in [5, 5.41) is 0. The maximum atomic E-state index is 5.69. The smallest absolute Gasteiger partial charge is 0.337 e. The first kappa shape index (κ1) is 14.1. The summed E-state index contributed by atoms with van der Waals surface area (Å²) in [6, 6.07) is 2.03. The molecule has 0 aromatic rings. The van der Waals surface area contributed by atoms with E-state index >= 15 is 0 Å². The molecule has 0 rings (SSSR count). The van der Waals surface area contributed by atoms with Gasteiger partial charge in [0.25, 0.3) is 0 Å². The van der Waals surface area contributed by atoms with Crippen LogP contribution in [0.25, 0.3) is 0 Å². The summed E-state index contributed by atoms with van der Waals surface area (Å²) in [6.07, 6.45) is 1.07. The summed E-state index contributed by atoms with van der Waals surface area (Å²) >= 11 is 0. The monoisotopic (exact) mass is 219 g/mol. The second kappa shape index (κ2) is 5.85. The molecular weight excluding hydrogens is 194 g/mol. The van der Waals surface area contributed by atoms with E-state index in [0.717, 1.165) is 18.5 Å². The first-order valence-corrected chi connectivity index (χ1v) is 7.49. The maximum absolute atomic E-state index is 5.69. The minimum Gasteiger partial charge on any atom is -0.398 e. The lowest BCUT2D eigenvalue weighted by atomic mass is 9.91. The quantitative estimate of drug-likeness (QED) is 0.667. The van der Waals surface area contributed by atoms with Crippen molar-refractivity contribution in [3.63, 3.8) is 0 Å². The molecule has 0 atom stereocenters. The lowest BCUT2D eigenvalue weighted by molar-refractivity contribution is 0.232. The molecule has 0 bridgehead atoms. The Morgan fingerprint density at radius 1 is 1.21 bits per heavy atom. The number of rotatable bonds is 7. The van der Waals surface area contributed by atoms with Crippen molar-refractivity contribution < 1.29 is 8.85 Å². The maximum Gasteiger partial charge on any atom is 0.337 e. The molecule has 0 aliphatic heterocycles.